The van der Waals surface area contributed by atoms with Gasteiger partial charge in [-0.2, -0.15) is 72.8 Å². The SMILES string of the molecule is [Br][Zr+2][Br].[Zr].[c-]1ccccc1.[c-]1ccccc1. The molecular formula is C12H10Br2Zr2. The topological polar surface area (TPSA) is 0 Å². The molecule has 0 saturated carbocycles. The third-order valence-corrected chi connectivity index (χ3v) is 1.21. The zero-order valence-electron chi connectivity index (χ0n) is 8.53. The fourth-order valence-electron chi connectivity index (χ4n) is 0.684. The Bertz CT molecular complexity index is 205. The number of hydrogen-bond donors (Lipinski definition) is 0. The first-order valence-electron chi connectivity index (χ1n) is 4.20. The second-order valence-electron chi connectivity index (χ2n) is 2.23. The minimum absolute atomic E-state index is 0. The zero-order chi connectivity index (χ0) is 11.2. The summed E-state index contributed by atoms with van der Waals surface area (Å²) in [5.74, 6) is 0. The largest absolute Gasteiger partial charge is 0.184 e. The predicted octanol–water partition coefficient (Wildman–Crippen LogP) is 4.66. The molecule has 16 heavy (non-hydrogen) atoms. The van der Waals surface area contributed by atoms with Crippen molar-refractivity contribution in [1.82, 2.24) is 0 Å². The van der Waals surface area contributed by atoms with Crippen LogP contribution in [0.15, 0.2) is 60.7 Å². The van der Waals surface area contributed by atoms with Crippen LogP contribution in [0.5, 0.6) is 0 Å². The summed E-state index contributed by atoms with van der Waals surface area (Å²) in [5, 5.41) is 0. The molecule has 0 amide bonds. The van der Waals surface area contributed by atoms with E-state index in [9.17, 15) is 0 Å². The molecule has 2 rings (SSSR count). The zero-order valence-corrected chi connectivity index (χ0v) is 16.6. The quantitative estimate of drug-likeness (QED) is 0.466. The van der Waals surface area contributed by atoms with Gasteiger partial charge in [-0.25, -0.2) is 0 Å². The van der Waals surface area contributed by atoms with Crippen molar-refractivity contribution < 1.29 is 44.7 Å². The van der Waals surface area contributed by atoms with Gasteiger partial charge in [0.1, 0.15) is 0 Å². The molecule has 0 bridgehead atoms. The van der Waals surface area contributed by atoms with E-state index in [-0.39, 0.29) is 44.7 Å². The van der Waals surface area contributed by atoms with Crippen LogP contribution < -0.4 is 0 Å². The fraction of sp³-hybridized carbons (Fsp3) is 0. The van der Waals surface area contributed by atoms with E-state index in [2.05, 4.69) is 36.6 Å². The van der Waals surface area contributed by atoms with Gasteiger partial charge in [0, 0.05) is 26.2 Å². The van der Waals surface area contributed by atoms with E-state index in [1.54, 1.807) is 0 Å². The molecule has 0 aromatic heterocycles. The Morgan fingerprint density at radius 3 is 0.938 bits per heavy atom. The molecule has 0 unspecified atom stereocenters. The van der Waals surface area contributed by atoms with Crippen molar-refractivity contribution in [3.63, 3.8) is 0 Å². The smallest absolute Gasteiger partial charge is 0 e. The van der Waals surface area contributed by atoms with Gasteiger partial charge in [-0.3, -0.25) is 0 Å². The normalized spacial score (nSPS) is 6.62. The summed E-state index contributed by atoms with van der Waals surface area (Å²) < 4.78 is 0. The molecule has 0 heterocycles. The average molecular weight is 496 g/mol. The summed E-state index contributed by atoms with van der Waals surface area (Å²) >= 11 is 6.32. The maximum Gasteiger partial charge on any atom is 0 e. The number of benzene rings is 2. The van der Waals surface area contributed by atoms with Gasteiger partial charge in [-0.05, 0) is 0 Å². The van der Waals surface area contributed by atoms with Crippen LogP contribution >= 0.6 is 24.4 Å². The summed E-state index contributed by atoms with van der Waals surface area (Å²) in [5.41, 5.74) is 0. The molecule has 0 saturated heterocycles. The van der Waals surface area contributed by atoms with E-state index in [0.717, 1.165) is 0 Å². The molecule has 4 heteroatoms. The molecule has 0 spiro atoms. The van der Waals surface area contributed by atoms with E-state index in [4.69, 9.17) is 0 Å². The first-order valence-corrected chi connectivity index (χ1v) is 15.4. The Morgan fingerprint density at radius 1 is 0.625 bits per heavy atom. The van der Waals surface area contributed by atoms with E-state index in [1.165, 1.54) is 0 Å². The summed E-state index contributed by atoms with van der Waals surface area (Å²) in [6.07, 6.45) is 0. The minimum atomic E-state index is -0.145. The first-order chi connectivity index (χ1) is 7.41. The van der Waals surface area contributed by atoms with Gasteiger partial charge < -0.3 is 0 Å². The number of rotatable bonds is 0. The van der Waals surface area contributed by atoms with Crippen LogP contribution in [0.1, 0.15) is 0 Å². The van der Waals surface area contributed by atoms with Gasteiger partial charge in [0.15, 0.2) is 0 Å². The Kier molecular flexibility index (Phi) is 22.6. The van der Waals surface area contributed by atoms with Crippen LogP contribution in [0.3, 0.4) is 0 Å². The molecule has 2 aromatic carbocycles. The maximum absolute atomic E-state index is 3.23. The van der Waals surface area contributed by atoms with Gasteiger partial charge in [0.25, 0.3) is 0 Å². The van der Waals surface area contributed by atoms with Crippen LogP contribution in [0, 0.1) is 12.1 Å². The van der Waals surface area contributed by atoms with Gasteiger partial charge in [-0.1, -0.05) is 0 Å². The Hall–Kier alpha value is 1.17. The van der Waals surface area contributed by atoms with Crippen molar-refractivity contribution in [3.8, 4) is 0 Å². The monoisotopic (exact) mass is 492 g/mol. The van der Waals surface area contributed by atoms with Gasteiger partial charge in [0.05, 0.1) is 0 Å². The van der Waals surface area contributed by atoms with E-state index < -0.39 is 0 Å². The third-order valence-electron chi connectivity index (χ3n) is 1.21. The molecular weight excluding hydrogens is 486 g/mol. The second-order valence-corrected chi connectivity index (χ2v) is 13.6. The molecule has 0 atom stereocenters. The summed E-state index contributed by atoms with van der Waals surface area (Å²) in [6, 6.07) is 25.0. The van der Waals surface area contributed by atoms with Gasteiger partial charge in [-0.15, -0.1) is 0 Å². The number of hydrogen-bond acceptors (Lipinski definition) is 0. The molecule has 0 aliphatic carbocycles. The van der Waals surface area contributed by atoms with Crippen molar-refractivity contribution in [2.45, 2.75) is 0 Å². The third kappa shape index (κ3) is 17.6. The van der Waals surface area contributed by atoms with Crippen LogP contribution in [-0.2, 0) is 44.7 Å². The number of halogens is 2. The Morgan fingerprint density at radius 2 is 0.875 bits per heavy atom. The van der Waals surface area contributed by atoms with Crippen molar-refractivity contribution in [2.75, 3.05) is 0 Å². The average Bonchev–Trinajstić information content (AvgIpc) is 2.35. The summed E-state index contributed by atoms with van der Waals surface area (Å²) in [4.78, 5) is 0. The van der Waals surface area contributed by atoms with Crippen LogP contribution in [-0.4, -0.2) is 0 Å². The molecule has 0 nitrogen and oxygen atoms in total. The fourth-order valence-corrected chi connectivity index (χ4v) is 0.684. The van der Waals surface area contributed by atoms with E-state index >= 15 is 0 Å². The maximum atomic E-state index is 3.23. The Balaban J connectivity index is 0. The standard InChI is InChI=1S/2C6H5.2BrH.2Zr/c2*1-2-4-6-5-3-1;;;;/h2*1-5H;2*1H;;/q2*-1;;;;+4/p-2. The van der Waals surface area contributed by atoms with Crippen LogP contribution in [0.4, 0.5) is 0 Å². The van der Waals surface area contributed by atoms with Gasteiger partial charge in [0.2, 0.25) is 0 Å². The minimum Gasteiger partial charge on any atom is -0.184 e. The molecule has 0 aliphatic heterocycles. The first kappa shape index (κ1) is 19.5. The van der Waals surface area contributed by atoms with Crippen molar-refractivity contribution in [3.05, 3.63) is 72.8 Å². The molecule has 0 aliphatic rings. The molecule has 0 N–H and O–H groups in total. The molecule has 2 aromatic rings. The second kappa shape index (κ2) is 18.5. The molecule has 0 fully saturated rings. The Labute approximate surface area is 140 Å². The van der Waals surface area contributed by atoms with Crippen molar-refractivity contribution in [1.29, 1.82) is 0 Å². The van der Waals surface area contributed by atoms with Crippen molar-refractivity contribution >= 4 is 24.4 Å². The summed E-state index contributed by atoms with van der Waals surface area (Å²) in [7, 11) is 0. The van der Waals surface area contributed by atoms with Crippen LogP contribution in [0.2, 0.25) is 0 Å². The van der Waals surface area contributed by atoms with E-state index in [1.807, 2.05) is 60.7 Å². The predicted molar refractivity (Wildman–Crippen MR) is 68.4 cm³/mol. The van der Waals surface area contributed by atoms with Crippen LogP contribution in [0.25, 0.3) is 0 Å². The summed E-state index contributed by atoms with van der Waals surface area (Å²) in [6.45, 7) is 0. The molecule has 80 valence electrons. The van der Waals surface area contributed by atoms with E-state index in [0.29, 0.717) is 0 Å². The van der Waals surface area contributed by atoms with Gasteiger partial charge >= 0.3 is 43.0 Å². The molecule has 0 radical (unpaired) electrons. The van der Waals surface area contributed by atoms with Crippen molar-refractivity contribution in [2.24, 2.45) is 0 Å².